The van der Waals surface area contributed by atoms with Crippen LogP contribution in [0.4, 0.5) is 26.3 Å². The fourth-order valence-corrected chi connectivity index (χ4v) is 7.01. The number of allylic oxidation sites excluding steroid dienone is 4. The molecule has 2 aliphatic heterocycles. The monoisotopic (exact) mass is 636 g/mol. The summed E-state index contributed by atoms with van der Waals surface area (Å²) in [6.45, 7) is 0. The lowest BCUT2D eigenvalue weighted by Gasteiger charge is -2.50. The summed E-state index contributed by atoms with van der Waals surface area (Å²) in [5.74, 6) is -8.05. The van der Waals surface area contributed by atoms with Crippen molar-refractivity contribution >= 4 is 11.6 Å². The summed E-state index contributed by atoms with van der Waals surface area (Å²) in [5, 5.41) is 0. The zero-order valence-electron chi connectivity index (χ0n) is 24.4. The number of methoxy groups -OCH3 is 2. The lowest BCUT2D eigenvalue weighted by molar-refractivity contribution is -0.239. The van der Waals surface area contributed by atoms with Crippen LogP contribution in [0.3, 0.4) is 0 Å². The van der Waals surface area contributed by atoms with E-state index in [1.807, 2.05) is 0 Å². The van der Waals surface area contributed by atoms with Crippen molar-refractivity contribution in [2.24, 2.45) is 11.8 Å². The summed E-state index contributed by atoms with van der Waals surface area (Å²) in [4.78, 5) is 26.7. The summed E-state index contributed by atoms with van der Waals surface area (Å²) in [6.07, 6.45) is -12.2. The van der Waals surface area contributed by atoms with E-state index < -0.39 is 79.1 Å². The van der Waals surface area contributed by atoms with Crippen LogP contribution in [0.25, 0.3) is 0 Å². The molecule has 0 N–H and O–H groups in total. The largest absolute Gasteiger partial charge is 0.497 e. The summed E-state index contributed by atoms with van der Waals surface area (Å²) in [6, 6.07) is 13.4. The Hall–Kier alpha value is -3.96. The van der Waals surface area contributed by atoms with Gasteiger partial charge in [-0.2, -0.15) is 26.3 Å². The van der Waals surface area contributed by atoms with Crippen molar-refractivity contribution in [3.05, 3.63) is 82.3 Å². The highest BCUT2D eigenvalue weighted by atomic mass is 19.4. The Morgan fingerprint density at radius 2 is 0.978 bits per heavy atom. The zero-order valence-corrected chi connectivity index (χ0v) is 24.4. The van der Waals surface area contributed by atoms with Gasteiger partial charge in [0.25, 0.3) is 5.79 Å². The Morgan fingerprint density at radius 3 is 1.29 bits per heavy atom. The maximum atomic E-state index is 13.9. The fourth-order valence-electron chi connectivity index (χ4n) is 7.01. The first-order valence-corrected chi connectivity index (χ1v) is 14.5. The molecule has 0 radical (unpaired) electrons. The number of carbonyl (C=O) groups is 2. The molecule has 2 heterocycles. The number of halogens is 6. The lowest BCUT2D eigenvalue weighted by atomic mass is 9.70. The Morgan fingerprint density at radius 1 is 0.622 bits per heavy atom. The molecular formula is C33H30F6O6. The molecule has 6 nitrogen and oxygen atoms in total. The molecule has 0 saturated heterocycles. The predicted octanol–water partition coefficient (Wildman–Crippen LogP) is 7.70. The second-order valence-corrected chi connectivity index (χ2v) is 12.0. The van der Waals surface area contributed by atoms with Crippen LogP contribution >= 0.6 is 0 Å². The van der Waals surface area contributed by atoms with Crippen LogP contribution in [0, 0.1) is 11.8 Å². The average molecular weight is 637 g/mol. The average Bonchev–Trinajstić information content (AvgIpc) is 2.99. The quantitative estimate of drug-likeness (QED) is 0.321. The maximum Gasteiger partial charge on any atom is 0.392 e. The summed E-state index contributed by atoms with van der Waals surface area (Å²) < 4.78 is 107. The van der Waals surface area contributed by atoms with E-state index in [0.29, 0.717) is 22.6 Å². The van der Waals surface area contributed by atoms with Crippen LogP contribution in [0.5, 0.6) is 11.5 Å². The number of hydrogen-bond acceptors (Lipinski definition) is 6. The minimum atomic E-state index is -4.68. The lowest BCUT2D eigenvalue weighted by Crippen LogP contribution is -2.49. The van der Waals surface area contributed by atoms with Crippen LogP contribution in [0.1, 0.15) is 61.5 Å². The fraction of sp³-hybridized carbons (Fsp3) is 0.455. The molecule has 0 saturated carbocycles. The van der Waals surface area contributed by atoms with Crippen LogP contribution in [-0.2, 0) is 19.1 Å². The molecule has 240 valence electrons. The number of carbonyl (C=O) groups excluding carboxylic acids is 2. The van der Waals surface area contributed by atoms with Gasteiger partial charge < -0.3 is 18.9 Å². The molecule has 0 bridgehead atoms. The molecule has 2 aliphatic carbocycles. The van der Waals surface area contributed by atoms with Gasteiger partial charge >= 0.3 is 12.4 Å². The number of rotatable bonds is 4. The predicted molar refractivity (Wildman–Crippen MR) is 147 cm³/mol. The van der Waals surface area contributed by atoms with E-state index in [0.717, 1.165) is 0 Å². The second kappa shape index (κ2) is 11.1. The molecule has 6 rings (SSSR count). The zero-order chi connectivity index (χ0) is 32.3. The molecule has 0 amide bonds. The standard InChI is InChI=1S/C33H30F6O6/c1-42-21-7-3-17(4-8-21)23-15-31(44-27-13-19(32(34,35)36)11-25(40)29(23)27)16-24(18-5-9-22(43-2)10-6-18)30-26(41)12-20(33(37,38)39)14-28(30)45-31/h3-10,19-20,23-24H,11-16H2,1-2H3. The first-order valence-electron chi connectivity index (χ1n) is 14.5. The third kappa shape index (κ3) is 5.79. The SMILES string of the molecule is COc1ccc(C2CC3(CC(c4ccc(OC)cc4)C4=C(CC(C(F)(F)F)CC4=O)O3)OC3=C2C(=O)CC(C(F)(F)F)C3)cc1. The van der Waals surface area contributed by atoms with E-state index in [-0.39, 0.29) is 35.5 Å². The molecule has 4 unspecified atom stereocenters. The van der Waals surface area contributed by atoms with Gasteiger partial charge in [0.05, 0.1) is 26.1 Å². The van der Waals surface area contributed by atoms with Crippen LogP contribution < -0.4 is 9.47 Å². The molecule has 12 heteroatoms. The highest BCUT2D eigenvalue weighted by Crippen LogP contribution is 2.57. The number of Topliss-reactive ketones (excluding diaryl/α,β-unsaturated/α-hetero) is 2. The number of hydrogen-bond donors (Lipinski definition) is 0. The van der Waals surface area contributed by atoms with Gasteiger partial charge in [0.15, 0.2) is 11.6 Å². The highest BCUT2D eigenvalue weighted by molar-refractivity contribution is 5.99. The number of ketones is 2. The van der Waals surface area contributed by atoms with Crippen molar-refractivity contribution in [2.45, 2.75) is 68.5 Å². The minimum Gasteiger partial charge on any atom is -0.497 e. The summed E-state index contributed by atoms with van der Waals surface area (Å²) in [5.41, 5.74) is 1.37. The van der Waals surface area contributed by atoms with Crippen LogP contribution in [0.15, 0.2) is 71.2 Å². The normalized spacial score (nSPS) is 28.7. The molecule has 2 aromatic carbocycles. The van der Waals surface area contributed by atoms with Gasteiger partial charge in [-0.05, 0) is 35.4 Å². The Balaban J connectivity index is 1.48. The first-order chi connectivity index (χ1) is 21.2. The van der Waals surface area contributed by atoms with Crippen LogP contribution in [-0.4, -0.2) is 43.9 Å². The van der Waals surface area contributed by atoms with Crippen molar-refractivity contribution in [1.29, 1.82) is 0 Å². The van der Waals surface area contributed by atoms with E-state index in [4.69, 9.17) is 18.9 Å². The van der Waals surface area contributed by atoms with Crippen molar-refractivity contribution in [3.63, 3.8) is 0 Å². The Bertz CT molecular complexity index is 1440. The summed E-state index contributed by atoms with van der Waals surface area (Å²) >= 11 is 0. The molecule has 0 aromatic heterocycles. The van der Waals surface area contributed by atoms with Gasteiger partial charge in [-0.3, -0.25) is 9.59 Å². The molecule has 1 spiro atoms. The Labute approximate surface area is 255 Å². The van der Waals surface area contributed by atoms with Gasteiger partial charge in [-0.15, -0.1) is 0 Å². The van der Waals surface area contributed by atoms with Crippen molar-refractivity contribution in [2.75, 3.05) is 14.2 Å². The maximum absolute atomic E-state index is 13.9. The van der Waals surface area contributed by atoms with Crippen molar-refractivity contribution < 1.29 is 54.9 Å². The first kappa shape index (κ1) is 31.0. The molecule has 4 atom stereocenters. The van der Waals surface area contributed by atoms with E-state index >= 15 is 0 Å². The third-order valence-electron chi connectivity index (χ3n) is 9.24. The van der Waals surface area contributed by atoms with E-state index in [2.05, 4.69) is 0 Å². The topological polar surface area (TPSA) is 71.1 Å². The van der Waals surface area contributed by atoms with Gasteiger partial charge in [0.2, 0.25) is 0 Å². The van der Waals surface area contributed by atoms with E-state index in [9.17, 15) is 35.9 Å². The second-order valence-electron chi connectivity index (χ2n) is 12.0. The van der Waals surface area contributed by atoms with Crippen molar-refractivity contribution in [3.8, 4) is 11.5 Å². The number of ether oxygens (including phenoxy) is 4. The third-order valence-corrected chi connectivity index (χ3v) is 9.24. The van der Waals surface area contributed by atoms with E-state index in [1.165, 1.54) is 14.2 Å². The van der Waals surface area contributed by atoms with Gasteiger partial charge in [0.1, 0.15) is 23.0 Å². The van der Waals surface area contributed by atoms with E-state index in [1.54, 1.807) is 48.5 Å². The molecule has 45 heavy (non-hydrogen) atoms. The van der Waals surface area contributed by atoms with Crippen LogP contribution in [0.2, 0.25) is 0 Å². The molecule has 2 aromatic rings. The highest BCUT2D eigenvalue weighted by Gasteiger charge is 2.57. The summed E-state index contributed by atoms with van der Waals surface area (Å²) in [7, 11) is 2.95. The Kier molecular flexibility index (Phi) is 7.68. The number of benzene rings is 2. The van der Waals surface area contributed by atoms with Gasteiger partial charge in [-0.25, -0.2) is 0 Å². The molecule has 4 aliphatic rings. The minimum absolute atomic E-state index is 0.0745. The van der Waals surface area contributed by atoms with Gasteiger partial charge in [-0.1, -0.05) is 24.3 Å². The number of alkyl halides is 6. The smallest absolute Gasteiger partial charge is 0.392 e. The molecule has 0 fully saturated rings. The molecular weight excluding hydrogens is 606 g/mol. The van der Waals surface area contributed by atoms with Gasteiger partial charge in [0, 0.05) is 61.5 Å². The van der Waals surface area contributed by atoms with Crippen molar-refractivity contribution in [1.82, 2.24) is 0 Å².